The van der Waals surface area contributed by atoms with E-state index in [0.29, 0.717) is 6.61 Å². The van der Waals surface area contributed by atoms with Crippen LogP contribution >= 0.6 is 0 Å². The topological polar surface area (TPSA) is 44.5 Å². The molecule has 2 N–H and O–H groups in total. The summed E-state index contributed by atoms with van der Waals surface area (Å²) in [7, 11) is 0. The van der Waals surface area contributed by atoms with Gasteiger partial charge in [0.1, 0.15) is 5.75 Å². The number of ether oxygens (including phenoxy) is 1. The Labute approximate surface area is 83.8 Å². The van der Waals surface area contributed by atoms with Crippen molar-refractivity contribution in [3.05, 3.63) is 29.3 Å². The molecule has 0 bridgehead atoms. The fourth-order valence-corrected chi connectivity index (χ4v) is 1.75. The summed E-state index contributed by atoms with van der Waals surface area (Å²) in [5.74, 6) is 6.03. The van der Waals surface area contributed by atoms with E-state index in [1.54, 1.807) is 0 Å². The van der Waals surface area contributed by atoms with E-state index in [0.717, 1.165) is 31.6 Å². The third-order valence-corrected chi connectivity index (χ3v) is 2.48. The van der Waals surface area contributed by atoms with Crippen LogP contribution in [0.15, 0.2) is 18.2 Å². The number of benzene rings is 1. The largest absolute Gasteiger partial charge is 0.493 e. The maximum atomic E-state index is 5.53. The average Bonchev–Trinajstić information content (AvgIpc) is 2.26. The standard InChI is InChI=1S/C11H15NO2/c12-14-7-5-9-3-4-11-10(8-9)2-1-6-13-11/h3-4,8H,1-2,5-7,12H2. The molecule has 0 aliphatic carbocycles. The lowest BCUT2D eigenvalue weighted by Gasteiger charge is -2.17. The van der Waals surface area contributed by atoms with Crippen LogP contribution in [0.3, 0.4) is 0 Å². The summed E-state index contributed by atoms with van der Waals surface area (Å²) in [6.07, 6.45) is 3.10. The highest BCUT2D eigenvalue weighted by Gasteiger charge is 2.09. The normalized spacial score (nSPS) is 14.6. The van der Waals surface area contributed by atoms with E-state index in [1.165, 1.54) is 11.1 Å². The summed E-state index contributed by atoms with van der Waals surface area (Å²) < 4.78 is 5.53. The molecule has 76 valence electrons. The van der Waals surface area contributed by atoms with Gasteiger partial charge < -0.3 is 9.57 Å². The third-order valence-electron chi connectivity index (χ3n) is 2.48. The number of rotatable bonds is 3. The summed E-state index contributed by atoms with van der Waals surface area (Å²) in [6.45, 7) is 1.41. The smallest absolute Gasteiger partial charge is 0.122 e. The van der Waals surface area contributed by atoms with Crippen LogP contribution in [0.4, 0.5) is 0 Å². The van der Waals surface area contributed by atoms with Gasteiger partial charge in [0.2, 0.25) is 0 Å². The highest BCUT2D eigenvalue weighted by molar-refractivity contribution is 5.38. The number of nitrogens with two attached hydrogens (primary N) is 1. The number of fused-ring (bicyclic) bond motifs is 1. The molecule has 1 aliphatic heterocycles. The lowest BCUT2D eigenvalue weighted by molar-refractivity contribution is 0.141. The van der Waals surface area contributed by atoms with Gasteiger partial charge in [-0.15, -0.1) is 0 Å². The summed E-state index contributed by atoms with van der Waals surface area (Å²) in [5.41, 5.74) is 2.57. The van der Waals surface area contributed by atoms with Crippen molar-refractivity contribution >= 4 is 0 Å². The minimum absolute atomic E-state index is 0.569. The van der Waals surface area contributed by atoms with Gasteiger partial charge in [0.15, 0.2) is 0 Å². The lowest BCUT2D eigenvalue weighted by Crippen LogP contribution is -2.09. The first-order valence-electron chi connectivity index (χ1n) is 4.96. The highest BCUT2D eigenvalue weighted by Crippen LogP contribution is 2.25. The zero-order valence-corrected chi connectivity index (χ0v) is 8.16. The van der Waals surface area contributed by atoms with Crippen molar-refractivity contribution < 1.29 is 9.57 Å². The molecule has 0 atom stereocenters. The van der Waals surface area contributed by atoms with Crippen molar-refractivity contribution in [2.45, 2.75) is 19.3 Å². The summed E-state index contributed by atoms with van der Waals surface area (Å²) in [6, 6.07) is 6.30. The Morgan fingerprint density at radius 3 is 3.21 bits per heavy atom. The molecule has 0 spiro atoms. The molecule has 0 unspecified atom stereocenters. The van der Waals surface area contributed by atoms with E-state index >= 15 is 0 Å². The van der Waals surface area contributed by atoms with E-state index in [1.807, 2.05) is 6.07 Å². The second kappa shape index (κ2) is 4.44. The molecule has 3 nitrogen and oxygen atoms in total. The minimum Gasteiger partial charge on any atom is -0.493 e. The lowest BCUT2D eigenvalue weighted by atomic mass is 10.0. The first-order chi connectivity index (χ1) is 6.90. The van der Waals surface area contributed by atoms with E-state index in [2.05, 4.69) is 17.0 Å². The van der Waals surface area contributed by atoms with Crippen molar-refractivity contribution in [1.29, 1.82) is 0 Å². The first-order valence-corrected chi connectivity index (χ1v) is 4.96. The van der Waals surface area contributed by atoms with Gasteiger partial charge in [0.05, 0.1) is 13.2 Å². The third kappa shape index (κ3) is 2.05. The SMILES string of the molecule is NOCCc1ccc2c(c1)CCCO2. The predicted molar refractivity (Wildman–Crippen MR) is 54.1 cm³/mol. The molecular weight excluding hydrogens is 178 g/mol. The maximum absolute atomic E-state index is 5.53. The van der Waals surface area contributed by atoms with Gasteiger partial charge in [-0.25, -0.2) is 5.90 Å². The van der Waals surface area contributed by atoms with E-state index < -0.39 is 0 Å². The number of hydrogen-bond donors (Lipinski definition) is 1. The van der Waals surface area contributed by atoms with Crippen LogP contribution in [0.2, 0.25) is 0 Å². The Morgan fingerprint density at radius 1 is 1.43 bits per heavy atom. The van der Waals surface area contributed by atoms with Crippen LogP contribution in [0, 0.1) is 0 Å². The molecule has 1 aromatic rings. The van der Waals surface area contributed by atoms with Crippen LogP contribution < -0.4 is 10.6 Å². The van der Waals surface area contributed by atoms with E-state index in [4.69, 9.17) is 10.6 Å². The minimum atomic E-state index is 0.569. The Kier molecular flexibility index (Phi) is 3.01. The maximum Gasteiger partial charge on any atom is 0.122 e. The fraction of sp³-hybridized carbons (Fsp3) is 0.455. The summed E-state index contributed by atoms with van der Waals surface area (Å²) in [5, 5.41) is 0. The molecule has 0 saturated carbocycles. The number of aryl methyl sites for hydroxylation is 1. The van der Waals surface area contributed by atoms with Gasteiger partial charge in [-0.3, -0.25) is 0 Å². The molecule has 2 rings (SSSR count). The molecule has 3 heteroatoms. The predicted octanol–water partition coefficient (Wildman–Crippen LogP) is 1.44. The monoisotopic (exact) mass is 193 g/mol. The molecule has 0 saturated heterocycles. The van der Waals surface area contributed by atoms with Crippen LogP contribution in [0.5, 0.6) is 5.75 Å². The molecule has 0 aromatic heterocycles. The van der Waals surface area contributed by atoms with Gasteiger partial charge in [0, 0.05) is 0 Å². The quantitative estimate of drug-likeness (QED) is 0.739. The second-order valence-electron chi connectivity index (χ2n) is 3.51. The van der Waals surface area contributed by atoms with Crippen LogP contribution in [-0.2, 0) is 17.7 Å². The molecule has 0 fully saturated rings. The second-order valence-corrected chi connectivity index (χ2v) is 3.51. The van der Waals surface area contributed by atoms with Crippen LogP contribution in [-0.4, -0.2) is 13.2 Å². The van der Waals surface area contributed by atoms with E-state index in [-0.39, 0.29) is 0 Å². The van der Waals surface area contributed by atoms with Gasteiger partial charge in [-0.2, -0.15) is 0 Å². The van der Waals surface area contributed by atoms with Gasteiger partial charge in [-0.1, -0.05) is 12.1 Å². The molecule has 14 heavy (non-hydrogen) atoms. The zero-order chi connectivity index (χ0) is 9.80. The van der Waals surface area contributed by atoms with Crippen molar-refractivity contribution in [2.75, 3.05) is 13.2 Å². The molecule has 0 radical (unpaired) electrons. The zero-order valence-electron chi connectivity index (χ0n) is 8.16. The van der Waals surface area contributed by atoms with Crippen molar-refractivity contribution in [3.63, 3.8) is 0 Å². The van der Waals surface area contributed by atoms with Gasteiger partial charge in [-0.05, 0) is 36.5 Å². The summed E-state index contributed by atoms with van der Waals surface area (Å²) in [4.78, 5) is 4.56. The number of hydrogen-bond acceptors (Lipinski definition) is 3. The van der Waals surface area contributed by atoms with Crippen LogP contribution in [0.1, 0.15) is 17.5 Å². The van der Waals surface area contributed by atoms with Crippen LogP contribution in [0.25, 0.3) is 0 Å². The van der Waals surface area contributed by atoms with E-state index in [9.17, 15) is 0 Å². The Morgan fingerprint density at radius 2 is 2.36 bits per heavy atom. The fourth-order valence-electron chi connectivity index (χ4n) is 1.75. The van der Waals surface area contributed by atoms with Gasteiger partial charge >= 0.3 is 0 Å². The summed E-state index contributed by atoms with van der Waals surface area (Å²) >= 11 is 0. The molecule has 0 amide bonds. The molecule has 1 aromatic carbocycles. The Hall–Kier alpha value is -1.06. The van der Waals surface area contributed by atoms with Gasteiger partial charge in [0.25, 0.3) is 0 Å². The first kappa shape index (κ1) is 9.49. The Bertz CT molecular complexity index is 312. The highest BCUT2D eigenvalue weighted by atomic mass is 16.6. The van der Waals surface area contributed by atoms with Crippen molar-refractivity contribution in [3.8, 4) is 5.75 Å². The molecular formula is C11H15NO2. The molecule has 1 heterocycles. The average molecular weight is 193 g/mol. The Balaban J connectivity index is 2.12. The van der Waals surface area contributed by atoms with Crippen molar-refractivity contribution in [2.24, 2.45) is 5.90 Å². The van der Waals surface area contributed by atoms with Crippen molar-refractivity contribution in [1.82, 2.24) is 0 Å². The molecule has 1 aliphatic rings.